The van der Waals surface area contributed by atoms with Crippen molar-refractivity contribution in [2.75, 3.05) is 23.3 Å². The molecule has 0 unspecified atom stereocenters. The van der Waals surface area contributed by atoms with Crippen LogP contribution in [0.15, 0.2) is 36.5 Å². The minimum Gasteiger partial charge on any atom is -0.366 e. The van der Waals surface area contributed by atoms with Crippen molar-refractivity contribution in [3.05, 3.63) is 52.7 Å². The van der Waals surface area contributed by atoms with Crippen LogP contribution in [-0.4, -0.2) is 29.9 Å². The summed E-state index contributed by atoms with van der Waals surface area (Å²) in [6.45, 7) is 0.488. The molecule has 10 heteroatoms. The fourth-order valence-electron chi connectivity index (χ4n) is 3.29. The van der Waals surface area contributed by atoms with Crippen LogP contribution < -0.4 is 16.0 Å². The summed E-state index contributed by atoms with van der Waals surface area (Å²) in [5.41, 5.74) is 4.87. The molecule has 1 aromatic heterocycles. The van der Waals surface area contributed by atoms with Gasteiger partial charge in [-0.3, -0.25) is 9.59 Å². The molecule has 154 valence electrons. The summed E-state index contributed by atoms with van der Waals surface area (Å²) in [5.74, 6) is -1.73. The summed E-state index contributed by atoms with van der Waals surface area (Å²) in [7, 11) is 0. The molecule has 0 aliphatic carbocycles. The lowest BCUT2D eigenvalue weighted by Crippen LogP contribution is -2.42. The molecule has 3 N–H and O–H groups in total. The van der Waals surface area contributed by atoms with E-state index in [1.807, 2.05) is 0 Å². The van der Waals surface area contributed by atoms with Gasteiger partial charge in [0, 0.05) is 25.0 Å². The molecular formula is C19H18ClF3N4O2. The summed E-state index contributed by atoms with van der Waals surface area (Å²) >= 11 is 5.98. The Morgan fingerprint density at radius 2 is 2.03 bits per heavy atom. The van der Waals surface area contributed by atoms with Crippen LogP contribution in [0.2, 0.25) is 5.02 Å². The zero-order chi connectivity index (χ0) is 21.2. The zero-order valence-electron chi connectivity index (χ0n) is 15.2. The standard InChI is InChI=1S/C19H18ClF3N4O2/c20-15-9-12(5-6-13(15)16(24)28)26-18(29)11-3-2-8-27(10-11)17-14(19(21,22)23)4-1-7-25-17/h1,4-7,9,11H,2-3,8,10H2,(H2,24,28)(H,26,29)/t11-/m1/s1. The zero-order valence-corrected chi connectivity index (χ0v) is 15.9. The van der Waals surface area contributed by atoms with Crippen LogP contribution in [-0.2, 0) is 11.0 Å². The maximum Gasteiger partial charge on any atom is 0.419 e. The van der Waals surface area contributed by atoms with E-state index in [0.29, 0.717) is 25.1 Å². The van der Waals surface area contributed by atoms with Gasteiger partial charge in [0.1, 0.15) is 5.82 Å². The van der Waals surface area contributed by atoms with Crippen molar-refractivity contribution in [2.45, 2.75) is 19.0 Å². The first-order valence-corrected chi connectivity index (χ1v) is 9.22. The molecule has 2 aromatic rings. The van der Waals surface area contributed by atoms with Crippen LogP contribution in [0, 0.1) is 5.92 Å². The predicted molar refractivity (Wildman–Crippen MR) is 103 cm³/mol. The van der Waals surface area contributed by atoms with E-state index in [-0.39, 0.29) is 28.9 Å². The van der Waals surface area contributed by atoms with E-state index >= 15 is 0 Å². The van der Waals surface area contributed by atoms with Crippen LogP contribution >= 0.6 is 11.6 Å². The molecule has 1 aliphatic heterocycles. The first-order chi connectivity index (χ1) is 13.7. The number of nitrogens with zero attached hydrogens (tertiary/aromatic N) is 2. The Morgan fingerprint density at radius 3 is 2.69 bits per heavy atom. The Labute approximate surface area is 169 Å². The van der Waals surface area contributed by atoms with Gasteiger partial charge in [-0.2, -0.15) is 13.2 Å². The Bertz CT molecular complexity index is 936. The number of nitrogens with two attached hydrogens (primary N) is 1. The largest absolute Gasteiger partial charge is 0.419 e. The van der Waals surface area contributed by atoms with Crippen LogP contribution in [0.5, 0.6) is 0 Å². The second-order valence-corrected chi connectivity index (χ2v) is 7.11. The van der Waals surface area contributed by atoms with Gasteiger partial charge >= 0.3 is 6.18 Å². The van der Waals surface area contributed by atoms with Gasteiger partial charge in [-0.05, 0) is 43.2 Å². The van der Waals surface area contributed by atoms with Gasteiger partial charge in [0.05, 0.1) is 22.1 Å². The second-order valence-electron chi connectivity index (χ2n) is 6.71. The van der Waals surface area contributed by atoms with Gasteiger partial charge in [-0.25, -0.2) is 4.98 Å². The molecule has 1 fully saturated rings. The third-order valence-corrected chi connectivity index (χ3v) is 5.00. The highest BCUT2D eigenvalue weighted by molar-refractivity contribution is 6.34. The number of pyridine rings is 1. The maximum atomic E-state index is 13.3. The Kier molecular flexibility index (Phi) is 5.97. The van der Waals surface area contributed by atoms with E-state index < -0.39 is 23.6 Å². The molecule has 2 heterocycles. The number of carbonyl (C=O) groups is 2. The van der Waals surface area contributed by atoms with Crippen LogP contribution in [0.1, 0.15) is 28.8 Å². The Hall–Kier alpha value is -2.81. The summed E-state index contributed by atoms with van der Waals surface area (Å²) in [6.07, 6.45) is -2.15. The lowest BCUT2D eigenvalue weighted by atomic mass is 9.96. The summed E-state index contributed by atoms with van der Waals surface area (Å²) < 4.78 is 39.8. The second kappa shape index (κ2) is 8.28. The average Bonchev–Trinajstić information content (AvgIpc) is 2.67. The van der Waals surface area contributed by atoms with E-state index in [2.05, 4.69) is 10.3 Å². The number of carbonyl (C=O) groups excluding carboxylic acids is 2. The molecule has 0 spiro atoms. The minimum absolute atomic E-state index is 0.101. The van der Waals surface area contributed by atoms with Crippen molar-refractivity contribution in [3.63, 3.8) is 0 Å². The SMILES string of the molecule is NC(=O)c1ccc(NC(=O)[C@@H]2CCCN(c3ncccc3C(F)(F)F)C2)cc1Cl. The first-order valence-electron chi connectivity index (χ1n) is 8.84. The highest BCUT2D eigenvalue weighted by Crippen LogP contribution is 2.36. The van der Waals surface area contributed by atoms with E-state index in [1.54, 1.807) is 0 Å². The molecule has 2 amide bonds. The molecule has 3 rings (SSSR count). The van der Waals surface area contributed by atoms with Gasteiger partial charge in [-0.15, -0.1) is 0 Å². The summed E-state index contributed by atoms with van der Waals surface area (Å²) in [4.78, 5) is 29.3. The van der Waals surface area contributed by atoms with Gasteiger partial charge in [-0.1, -0.05) is 11.6 Å². The monoisotopic (exact) mass is 426 g/mol. The topological polar surface area (TPSA) is 88.3 Å². The predicted octanol–water partition coefficient (Wildman–Crippen LogP) is 3.71. The van der Waals surface area contributed by atoms with Crippen molar-refractivity contribution in [1.29, 1.82) is 0 Å². The van der Waals surface area contributed by atoms with Gasteiger partial charge in [0.25, 0.3) is 0 Å². The molecule has 1 aliphatic rings. The van der Waals surface area contributed by atoms with Crippen LogP contribution in [0.3, 0.4) is 0 Å². The molecule has 0 saturated carbocycles. The van der Waals surface area contributed by atoms with Crippen molar-refractivity contribution in [3.8, 4) is 0 Å². The Balaban J connectivity index is 1.74. The number of rotatable bonds is 4. The number of amides is 2. The van der Waals surface area contributed by atoms with E-state index in [9.17, 15) is 22.8 Å². The number of alkyl halides is 3. The number of benzene rings is 1. The lowest BCUT2D eigenvalue weighted by Gasteiger charge is -2.34. The number of nitrogens with one attached hydrogen (secondary N) is 1. The van der Waals surface area contributed by atoms with E-state index in [4.69, 9.17) is 17.3 Å². The number of aromatic nitrogens is 1. The van der Waals surface area contributed by atoms with E-state index in [0.717, 1.165) is 6.07 Å². The molecule has 0 radical (unpaired) electrons. The third kappa shape index (κ3) is 4.79. The lowest BCUT2D eigenvalue weighted by molar-refractivity contribution is -0.137. The maximum absolute atomic E-state index is 13.3. The molecule has 6 nitrogen and oxygen atoms in total. The van der Waals surface area contributed by atoms with Crippen LogP contribution in [0.4, 0.5) is 24.7 Å². The third-order valence-electron chi connectivity index (χ3n) is 4.69. The fourth-order valence-corrected chi connectivity index (χ4v) is 3.56. The average molecular weight is 427 g/mol. The smallest absolute Gasteiger partial charge is 0.366 e. The highest BCUT2D eigenvalue weighted by Gasteiger charge is 2.37. The summed E-state index contributed by atoms with van der Waals surface area (Å²) in [5, 5.41) is 2.79. The van der Waals surface area contributed by atoms with Crippen molar-refractivity contribution in [1.82, 2.24) is 4.98 Å². The quantitative estimate of drug-likeness (QED) is 0.780. The van der Waals surface area contributed by atoms with Crippen molar-refractivity contribution < 1.29 is 22.8 Å². The number of piperidine rings is 1. The molecule has 1 atom stereocenters. The molecule has 1 saturated heterocycles. The molecular weight excluding hydrogens is 409 g/mol. The van der Waals surface area contributed by atoms with Gasteiger partial charge < -0.3 is 16.0 Å². The number of primary amides is 1. The molecule has 1 aromatic carbocycles. The highest BCUT2D eigenvalue weighted by atomic mass is 35.5. The number of anilines is 2. The number of hydrogen-bond acceptors (Lipinski definition) is 4. The molecule has 0 bridgehead atoms. The number of hydrogen-bond donors (Lipinski definition) is 2. The van der Waals surface area contributed by atoms with E-state index in [1.165, 1.54) is 35.4 Å². The minimum atomic E-state index is -4.53. The van der Waals surface area contributed by atoms with Gasteiger partial charge in [0.15, 0.2) is 0 Å². The first kappa shape index (κ1) is 20.9. The Morgan fingerprint density at radius 1 is 1.28 bits per heavy atom. The van der Waals surface area contributed by atoms with Crippen molar-refractivity contribution >= 4 is 34.9 Å². The normalized spacial score (nSPS) is 17.1. The number of halogens is 4. The molecule has 29 heavy (non-hydrogen) atoms. The summed E-state index contributed by atoms with van der Waals surface area (Å²) in [6, 6.07) is 6.51. The van der Waals surface area contributed by atoms with Crippen molar-refractivity contribution in [2.24, 2.45) is 11.7 Å². The van der Waals surface area contributed by atoms with Gasteiger partial charge in [0.2, 0.25) is 11.8 Å². The fraction of sp³-hybridized carbons (Fsp3) is 0.316. The van der Waals surface area contributed by atoms with Crippen LogP contribution in [0.25, 0.3) is 0 Å².